The lowest BCUT2D eigenvalue weighted by molar-refractivity contribution is 0.0961. The van der Waals surface area contributed by atoms with Crippen molar-refractivity contribution >= 4 is 29.0 Å². The number of carbonyl (C=O) groups excluding carboxylic acids is 1. The Balaban J connectivity index is 2.33. The Bertz CT molecular complexity index is 606. The van der Waals surface area contributed by atoms with Crippen LogP contribution in [0.2, 0.25) is 0 Å². The molecule has 0 fully saturated rings. The number of aromatic nitrogens is 2. The van der Waals surface area contributed by atoms with Crippen molar-refractivity contribution in [2.45, 2.75) is 0 Å². The van der Waals surface area contributed by atoms with E-state index in [-0.39, 0.29) is 5.91 Å². The third-order valence-electron chi connectivity index (χ3n) is 2.38. The van der Waals surface area contributed by atoms with Gasteiger partial charge in [0.2, 0.25) is 0 Å². The molecule has 0 aromatic carbocycles. The number of amides is 1. The third-order valence-corrected chi connectivity index (χ3v) is 2.38. The first-order valence-electron chi connectivity index (χ1n) is 4.91. The maximum atomic E-state index is 11.7. The molecule has 0 saturated carbocycles. The summed E-state index contributed by atoms with van der Waals surface area (Å²) in [6, 6.07) is 5.37. The molecule has 0 spiro atoms. The van der Waals surface area contributed by atoms with Crippen molar-refractivity contribution in [1.82, 2.24) is 15.3 Å². The Labute approximate surface area is 91.2 Å². The summed E-state index contributed by atoms with van der Waals surface area (Å²) in [5.74, 6) is 0.294. The van der Waals surface area contributed by atoms with E-state index in [1.54, 1.807) is 18.5 Å². The molecule has 3 heterocycles. The molecule has 0 saturated heterocycles. The van der Waals surface area contributed by atoms with Gasteiger partial charge in [0, 0.05) is 12.4 Å². The van der Waals surface area contributed by atoms with E-state index in [1.807, 2.05) is 12.1 Å². The zero-order valence-corrected chi connectivity index (χ0v) is 8.34. The molecular weight excluding hydrogens is 204 g/mol. The Morgan fingerprint density at radius 2 is 2.25 bits per heavy atom. The minimum Gasteiger partial charge on any atom is -0.347 e. The van der Waals surface area contributed by atoms with Crippen LogP contribution in [0, 0.1) is 0 Å². The number of fused-ring (bicyclic) bond motifs is 2. The summed E-state index contributed by atoms with van der Waals surface area (Å²) in [5.41, 5.74) is 1.92. The van der Waals surface area contributed by atoms with Gasteiger partial charge in [-0.05, 0) is 18.2 Å². The van der Waals surface area contributed by atoms with Crippen molar-refractivity contribution in [2.75, 3.05) is 6.54 Å². The summed E-state index contributed by atoms with van der Waals surface area (Å²) in [7, 11) is 0. The Kier molecular flexibility index (Phi) is 1.89. The quantitative estimate of drug-likeness (QED) is 0.710. The van der Waals surface area contributed by atoms with Gasteiger partial charge in [0.25, 0.3) is 5.91 Å². The van der Waals surface area contributed by atoms with Gasteiger partial charge in [-0.3, -0.25) is 9.78 Å². The van der Waals surface area contributed by atoms with E-state index < -0.39 is 0 Å². The zero-order valence-electron chi connectivity index (χ0n) is 8.34. The van der Waals surface area contributed by atoms with Crippen LogP contribution in [-0.4, -0.2) is 28.6 Å². The first kappa shape index (κ1) is 8.96. The van der Waals surface area contributed by atoms with Gasteiger partial charge in [-0.1, -0.05) is 0 Å². The molecule has 16 heavy (non-hydrogen) atoms. The van der Waals surface area contributed by atoms with E-state index >= 15 is 0 Å². The van der Waals surface area contributed by atoms with Crippen LogP contribution in [0.4, 0.5) is 5.82 Å². The van der Waals surface area contributed by atoms with Crippen molar-refractivity contribution in [3.05, 3.63) is 30.0 Å². The molecule has 0 radical (unpaired) electrons. The highest BCUT2D eigenvalue weighted by atomic mass is 16.1. The first-order valence-corrected chi connectivity index (χ1v) is 4.91. The van der Waals surface area contributed by atoms with Gasteiger partial charge in [-0.25, -0.2) is 9.98 Å². The van der Waals surface area contributed by atoms with Gasteiger partial charge in [0.05, 0.1) is 23.1 Å². The summed E-state index contributed by atoms with van der Waals surface area (Å²) < 4.78 is 0. The minimum absolute atomic E-state index is 0.160. The van der Waals surface area contributed by atoms with Crippen molar-refractivity contribution in [3.8, 4) is 0 Å². The predicted octanol–water partition coefficient (Wildman–Crippen LogP) is 1.08. The van der Waals surface area contributed by atoms with Crippen LogP contribution >= 0.6 is 0 Å². The highest BCUT2D eigenvalue weighted by Gasteiger charge is 2.15. The van der Waals surface area contributed by atoms with Crippen LogP contribution in [0.25, 0.3) is 11.0 Å². The van der Waals surface area contributed by atoms with Crippen LogP contribution in [0.15, 0.2) is 29.4 Å². The van der Waals surface area contributed by atoms with Crippen LogP contribution < -0.4 is 5.32 Å². The third kappa shape index (κ3) is 1.33. The molecule has 5 heteroatoms. The number of nitrogens with one attached hydrogen (secondary N) is 1. The van der Waals surface area contributed by atoms with Gasteiger partial charge in [0.1, 0.15) is 0 Å². The lowest BCUT2D eigenvalue weighted by Gasteiger charge is -2.03. The molecule has 0 aliphatic carbocycles. The second-order valence-electron chi connectivity index (χ2n) is 3.42. The molecule has 1 aliphatic heterocycles. The van der Waals surface area contributed by atoms with Gasteiger partial charge < -0.3 is 5.32 Å². The molecule has 1 N–H and O–H groups in total. The number of hydrogen-bond acceptors (Lipinski definition) is 4. The van der Waals surface area contributed by atoms with Crippen LogP contribution in [0.3, 0.4) is 0 Å². The number of nitrogens with zero attached hydrogens (tertiary/aromatic N) is 3. The molecule has 3 rings (SSSR count). The second kappa shape index (κ2) is 3.37. The molecule has 0 bridgehead atoms. The lowest BCUT2D eigenvalue weighted by atomic mass is 10.2. The summed E-state index contributed by atoms with van der Waals surface area (Å²) in [6.07, 6.45) is 3.31. The van der Waals surface area contributed by atoms with Gasteiger partial charge in [-0.2, -0.15) is 0 Å². The highest BCUT2D eigenvalue weighted by Crippen LogP contribution is 2.21. The van der Waals surface area contributed by atoms with Crippen molar-refractivity contribution in [2.24, 2.45) is 4.99 Å². The SMILES string of the molecule is O=C1NCC=Nc2nc3cccnc3cc21. The van der Waals surface area contributed by atoms with Crippen LogP contribution in [0.5, 0.6) is 0 Å². The molecule has 0 atom stereocenters. The van der Waals surface area contributed by atoms with Gasteiger partial charge >= 0.3 is 0 Å². The lowest BCUT2D eigenvalue weighted by Crippen LogP contribution is -2.23. The topological polar surface area (TPSA) is 67.2 Å². The van der Waals surface area contributed by atoms with E-state index in [0.717, 1.165) is 5.52 Å². The smallest absolute Gasteiger partial charge is 0.255 e. The standard InChI is InChI=1S/C11H8N4O/c16-11-7-6-9-8(2-1-3-12-9)15-10(7)13-4-5-14-11/h1-4,6H,5H2,(H,14,16). The summed E-state index contributed by atoms with van der Waals surface area (Å²) >= 11 is 0. The predicted molar refractivity (Wildman–Crippen MR) is 60.0 cm³/mol. The number of pyridine rings is 2. The van der Waals surface area contributed by atoms with E-state index in [1.165, 1.54) is 0 Å². The normalized spacial score (nSPS) is 14.4. The molecule has 78 valence electrons. The van der Waals surface area contributed by atoms with Gasteiger partial charge in [-0.15, -0.1) is 0 Å². The Morgan fingerprint density at radius 3 is 3.19 bits per heavy atom. The monoisotopic (exact) mass is 212 g/mol. The van der Waals surface area contributed by atoms with E-state index in [4.69, 9.17) is 0 Å². The molecule has 2 aromatic heterocycles. The second-order valence-corrected chi connectivity index (χ2v) is 3.42. The van der Waals surface area contributed by atoms with E-state index in [9.17, 15) is 4.79 Å². The maximum absolute atomic E-state index is 11.7. The van der Waals surface area contributed by atoms with Crippen molar-refractivity contribution in [1.29, 1.82) is 0 Å². The van der Waals surface area contributed by atoms with Crippen molar-refractivity contribution < 1.29 is 4.79 Å². The first-order chi connectivity index (χ1) is 7.84. The highest BCUT2D eigenvalue weighted by molar-refractivity contribution is 6.03. The Hall–Kier alpha value is -2.30. The summed E-state index contributed by atoms with van der Waals surface area (Å²) in [5, 5.41) is 2.71. The number of aliphatic imine (C=N–C) groups is 1. The summed E-state index contributed by atoms with van der Waals surface area (Å²) in [4.78, 5) is 24.3. The van der Waals surface area contributed by atoms with Gasteiger partial charge in [0.15, 0.2) is 5.82 Å². The fourth-order valence-electron chi connectivity index (χ4n) is 1.62. The Morgan fingerprint density at radius 1 is 1.31 bits per heavy atom. The molecule has 0 unspecified atom stereocenters. The van der Waals surface area contributed by atoms with Crippen LogP contribution in [-0.2, 0) is 0 Å². The number of hydrogen-bond donors (Lipinski definition) is 1. The number of carbonyl (C=O) groups is 1. The largest absolute Gasteiger partial charge is 0.347 e. The van der Waals surface area contributed by atoms with Crippen molar-refractivity contribution in [3.63, 3.8) is 0 Å². The fourth-order valence-corrected chi connectivity index (χ4v) is 1.62. The average molecular weight is 212 g/mol. The molecule has 1 aliphatic rings. The van der Waals surface area contributed by atoms with Crippen LogP contribution in [0.1, 0.15) is 10.4 Å². The summed E-state index contributed by atoms with van der Waals surface area (Å²) in [6.45, 7) is 0.430. The number of rotatable bonds is 0. The fraction of sp³-hybridized carbons (Fsp3) is 0.0909. The van der Waals surface area contributed by atoms with E-state index in [2.05, 4.69) is 20.3 Å². The molecule has 2 aromatic rings. The maximum Gasteiger partial charge on any atom is 0.255 e. The molecule has 1 amide bonds. The molecule has 5 nitrogen and oxygen atoms in total. The average Bonchev–Trinajstić information content (AvgIpc) is 2.49. The molecular formula is C11H8N4O. The zero-order chi connectivity index (χ0) is 11.0. The minimum atomic E-state index is -0.160. The van der Waals surface area contributed by atoms with E-state index in [0.29, 0.717) is 23.4 Å².